The average molecular weight is 343 g/mol. The lowest BCUT2D eigenvalue weighted by Crippen LogP contribution is -2.29. The Labute approximate surface area is 145 Å². The Balaban J connectivity index is 1.45. The first-order valence-electron chi connectivity index (χ1n) is 8.13. The van der Waals surface area contributed by atoms with Gasteiger partial charge in [0.05, 0.1) is 0 Å². The van der Waals surface area contributed by atoms with Gasteiger partial charge < -0.3 is 10.6 Å². The molecule has 1 aliphatic carbocycles. The second kappa shape index (κ2) is 7.13. The van der Waals surface area contributed by atoms with Crippen molar-refractivity contribution in [3.05, 3.63) is 35.3 Å². The van der Waals surface area contributed by atoms with Gasteiger partial charge in [-0.3, -0.25) is 9.59 Å². The Morgan fingerprint density at radius 3 is 2.58 bits per heavy atom. The van der Waals surface area contributed by atoms with Gasteiger partial charge in [0, 0.05) is 41.2 Å². The van der Waals surface area contributed by atoms with Gasteiger partial charge in [-0.15, -0.1) is 11.3 Å². The summed E-state index contributed by atoms with van der Waals surface area (Å²) in [5.74, 6) is 0.601. The predicted octanol–water partition coefficient (Wildman–Crippen LogP) is 3.22. The number of hydrogen-bond acceptors (Lipinski definition) is 4. The summed E-state index contributed by atoms with van der Waals surface area (Å²) in [6, 6.07) is 7.64. The number of nitrogens with zero attached hydrogens (tertiary/aromatic N) is 1. The second-order valence-corrected chi connectivity index (χ2v) is 7.14. The fourth-order valence-corrected chi connectivity index (χ4v) is 3.33. The quantitative estimate of drug-likeness (QED) is 0.846. The summed E-state index contributed by atoms with van der Waals surface area (Å²) in [6.45, 7) is 4.41. The van der Waals surface area contributed by atoms with E-state index >= 15 is 0 Å². The van der Waals surface area contributed by atoms with Gasteiger partial charge in [-0.25, -0.2) is 4.98 Å². The highest BCUT2D eigenvalue weighted by Crippen LogP contribution is 2.37. The van der Waals surface area contributed by atoms with Gasteiger partial charge in [0.15, 0.2) is 0 Å². The summed E-state index contributed by atoms with van der Waals surface area (Å²) in [5, 5.41) is 8.65. The topological polar surface area (TPSA) is 71.1 Å². The third-order valence-electron chi connectivity index (χ3n) is 4.13. The lowest BCUT2D eigenvalue weighted by molar-refractivity contribution is -0.122. The molecule has 2 atom stereocenters. The maximum absolute atomic E-state index is 11.9. The van der Waals surface area contributed by atoms with E-state index in [2.05, 4.69) is 22.5 Å². The van der Waals surface area contributed by atoms with Crippen LogP contribution in [0.25, 0.3) is 10.6 Å². The monoisotopic (exact) mass is 343 g/mol. The van der Waals surface area contributed by atoms with Crippen LogP contribution in [0.2, 0.25) is 0 Å². The minimum Gasteiger partial charge on any atom is -0.355 e. The molecule has 0 aliphatic heterocycles. The standard InChI is InChI=1S/C18H21N3O2S/c1-11-9-15(11)17(23)19-8-7-16(22)21-14-5-3-13(4-6-14)18-20-12(2)10-24-18/h3-6,10-11,15H,7-9H2,1-2H3,(H,19,23)(H,21,22)/t11-,15+/m0/s1. The molecule has 0 saturated heterocycles. The van der Waals surface area contributed by atoms with Crippen LogP contribution in [0, 0.1) is 18.8 Å². The zero-order valence-electron chi connectivity index (χ0n) is 13.8. The van der Waals surface area contributed by atoms with Gasteiger partial charge in [-0.05, 0) is 43.5 Å². The van der Waals surface area contributed by atoms with Crippen LogP contribution in [0.4, 0.5) is 5.69 Å². The lowest BCUT2D eigenvalue weighted by atomic mass is 10.2. The number of hydrogen-bond donors (Lipinski definition) is 2. The number of thiazole rings is 1. The third kappa shape index (κ3) is 4.20. The highest BCUT2D eigenvalue weighted by Gasteiger charge is 2.38. The maximum Gasteiger partial charge on any atom is 0.226 e. The minimum absolute atomic E-state index is 0.0680. The molecule has 2 aromatic rings. The second-order valence-electron chi connectivity index (χ2n) is 6.28. The molecule has 1 aliphatic rings. The summed E-state index contributed by atoms with van der Waals surface area (Å²) in [5.41, 5.74) is 2.80. The Hall–Kier alpha value is -2.21. The number of rotatable bonds is 6. The predicted molar refractivity (Wildman–Crippen MR) is 95.8 cm³/mol. The van der Waals surface area contributed by atoms with Crippen LogP contribution in [0.5, 0.6) is 0 Å². The molecule has 6 heteroatoms. The summed E-state index contributed by atoms with van der Waals surface area (Å²) in [6.07, 6.45) is 1.24. The molecule has 2 amide bonds. The fraction of sp³-hybridized carbons (Fsp3) is 0.389. The average Bonchev–Trinajstić information content (AvgIpc) is 3.13. The van der Waals surface area contributed by atoms with Crippen LogP contribution in [0.1, 0.15) is 25.5 Å². The molecule has 1 saturated carbocycles. The molecule has 0 spiro atoms. The Kier molecular flexibility index (Phi) is 4.94. The van der Waals surface area contributed by atoms with E-state index in [1.165, 1.54) is 0 Å². The van der Waals surface area contributed by atoms with Crippen molar-refractivity contribution in [1.82, 2.24) is 10.3 Å². The van der Waals surface area contributed by atoms with Gasteiger partial charge in [0.2, 0.25) is 11.8 Å². The zero-order valence-corrected chi connectivity index (χ0v) is 14.7. The van der Waals surface area contributed by atoms with E-state index in [-0.39, 0.29) is 24.2 Å². The first-order valence-corrected chi connectivity index (χ1v) is 9.01. The maximum atomic E-state index is 11.9. The largest absolute Gasteiger partial charge is 0.355 e. The summed E-state index contributed by atoms with van der Waals surface area (Å²) in [7, 11) is 0. The van der Waals surface area contributed by atoms with E-state index < -0.39 is 0 Å². The van der Waals surface area contributed by atoms with Crippen LogP contribution >= 0.6 is 11.3 Å². The van der Waals surface area contributed by atoms with Crippen LogP contribution in [0.15, 0.2) is 29.6 Å². The van der Waals surface area contributed by atoms with E-state index in [1.54, 1.807) is 11.3 Å². The molecule has 0 radical (unpaired) electrons. The van der Waals surface area contributed by atoms with E-state index in [0.717, 1.165) is 28.4 Å². The van der Waals surface area contributed by atoms with Crippen molar-refractivity contribution < 1.29 is 9.59 Å². The van der Waals surface area contributed by atoms with Crippen LogP contribution in [-0.4, -0.2) is 23.3 Å². The van der Waals surface area contributed by atoms with E-state index in [0.29, 0.717) is 12.5 Å². The lowest BCUT2D eigenvalue weighted by Gasteiger charge is -2.07. The van der Waals surface area contributed by atoms with E-state index in [9.17, 15) is 9.59 Å². The molecule has 126 valence electrons. The molecule has 1 aromatic heterocycles. The minimum atomic E-state index is -0.100. The molecule has 3 rings (SSSR count). The van der Waals surface area contributed by atoms with Gasteiger partial charge in [-0.2, -0.15) is 0 Å². The number of nitrogens with one attached hydrogen (secondary N) is 2. The number of benzene rings is 1. The van der Waals surface area contributed by atoms with Crippen LogP contribution in [-0.2, 0) is 9.59 Å². The van der Waals surface area contributed by atoms with Crippen molar-refractivity contribution in [1.29, 1.82) is 0 Å². The van der Waals surface area contributed by atoms with Gasteiger partial charge in [0.1, 0.15) is 5.01 Å². The molecule has 1 aromatic carbocycles. The van der Waals surface area contributed by atoms with Crippen molar-refractivity contribution in [2.75, 3.05) is 11.9 Å². The van der Waals surface area contributed by atoms with Crippen molar-refractivity contribution in [3.63, 3.8) is 0 Å². The highest BCUT2D eigenvalue weighted by molar-refractivity contribution is 7.13. The fourth-order valence-electron chi connectivity index (χ4n) is 2.52. The highest BCUT2D eigenvalue weighted by atomic mass is 32.1. The molecular formula is C18H21N3O2S. The normalized spacial score (nSPS) is 18.9. The first-order chi connectivity index (χ1) is 11.5. The smallest absolute Gasteiger partial charge is 0.226 e. The molecular weight excluding hydrogens is 322 g/mol. The van der Waals surface area contributed by atoms with Crippen molar-refractivity contribution in [3.8, 4) is 10.6 Å². The van der Waals surface area contributed by atoms with Gasteiger partial charge in [0.25, 0.3) is 0 Å². The van der Waals surface area contributed by atoms with Crippen molar-refractivity contribution >= 4 is 28.8 Å². The third-order valence-corrected chi connectivity index (χ3v) is 5.14. The van der Waals surface area contributed by atoms with Crippen LogP contribution in [0.3, 0.4) is 0 Å². The van der Waals surface area contributed by atoms with Gasteiger partial charge in [-0.1, -0.05) is 6.92 Å². The SMILES string of the molecule is Cc1csc(-c2ccc(NC(=O)CCNC(=O)[C@@H]3C[C@@H]3C)cc2)n1. The number of aromatic nitrogens is 1. The Bertz CT molecular complexity index is 739. The Morgan fingerprint density at radius 1 is 1.29 bits per heavy atom. The van der Waals surface area contributed by atoms with E-state index in [4.69, 9.17) is 0 Å². The van der Waals surface area contributed by atoms with Crippen molar-refractivity contribution in [2.45, 2.75) is 26.7 Å². The molecule has 1 heterocycles. The van der Waals surface area contributed by atoms with Crippen LogP contribution < -0.4 is 10.6 Å². The number of carbonyl (C=O) groups excluding carboxylic acids is 2. The molecule has 2 N–H and O–H groups in total. The number of amides is 2. The summed E-state index contributed by atoms with van der Waals surface area (Å²) >= 11 is 1.60. The molecule has 0 unspecified atom stereocenters. The summed E-state index contributed by atoms with van der Waals surface area (Å²) in [4.78, 5) is 28.1. The number of carbonyl (C=O) groups is 2. The van der Waals surface area contributed by atoms with Gasteiger partial charge >= 0.3 is 0 Å². The van der Waals surface area contributed by atoms with Crippen molar-refractivity contribution in [2.24, 2.45) is 11.8 Å². The zero-order chi connectivity index (χ0) is 17.1. The van der Waals surface area contributed by atoms with E-state index in [1.807, 2.05) is 36.6 Å². The molecule has 24 heavy (non-hydrogen) atoms. The Morgan fingerprint density at radius 2 is 2.00 bits per heavy atom. The molecule has 1 fully saturated rings. The number of aryl methyl sites for hydroxylation is 1. The number of anilines is 1. The first kappa shape index (κ1) is 16.6. The molecule has 5 nitrogen and oxygen atoms in total. The summed E-state index contributed by atoms with van der Waals surface area (Å²) < 4.78 is 0. The molecule has 0 bridgehead atoms.